The summed E-state index contributed by atoms with van der Waals surface area (Å²) in [6, 6.07) is 10.9. The van der Waals surface area contributed by atoms with Crippen molar-refractivity contribution in [3.63, 3.8) is 0 Å². The number of amides is 1. The maximum Gasteiger partial charge on any atom is 0.244 e. The van der Waals surface area contributed by atoms with E-state index in [1.165, 1.54) is 5.56 Å². The second-order valence-electron chi connectivity index (χ2n) is 7.57. The molecule has 5 nitrogen and oxygen atoms in total. The van der Waals surface area contributed by atoms with Crippen molar-refractivity contribution in [3.05, 3.63) is 58.9 Å². The summed E-state index contributed by atoms with van der Waals surface area (Å²) in [6.07, 6.45) is 3.54. The Kier molecular flexibility index (Phi) is 6.70. The maximum absolute atomic E-state index is 12.3. The van der Waals surface area contributed by atoms with Crippen molar-refractivity contribution in [2.75, 3.05) is 32.8 Å². The van der Waals surface area contributed by atoms with Gasteiger partial charge in [-0.2, -0.15) is 0 Å². The highest BCUT2D eigenvalue weighted by Crippen LogP contribution is 2.22. The van der Waals surface area contributed by atoms with Crippen LogP contribution in [0.15, 0.2) is 36.4 Å². The molecule has 0 radical (unpaired) electrons. The van der Waals surface area contributed by atoms with Gasteiger partial charge in [0.25, 0.3) is 0 Å². The fourth-order valence-corrected chi connectivity index (χ4v) is 3.67. The van der Waals surface area contributed by atoms with Crippen LogP contribution in [0.25, 0.3) is 11.8 Å². The summed E-state index contributed by atoms with van der Waals surface area (Å²) in [7, 11) is 0. The fraction of sp³-hybridized carbons (Fsp3) is 0.435. The van der Waals surface area contributed by atoms with Crippen LogP contribution in [0.3, 0.4) is 0 Å². The highest BCUT2D eigenvalue weighted by atomic mass is 16.5. The molecule has 1 fully saturated rings. The zero-order chi connectivity index (χ0) is 20.1. The molecule has 1 amide bonds. The number of aryl methyl sites for hydroxylation is 2. The number of ether oxygens (including phenoxy) is 1. The molecular formula is C23H31N3O2. The third-order valence-electron chi connectivity index (χ3n) is 5.42. The highest BCUT2D eigenvalue weighted by Gasteiger charge is 2.17. The van der Waals surface area contributed by atoms with Crippen molar-refractivity contribution < 1.29 is 9.53 Å². The standard InChI is InChI=1S/C23H31N3O2/c1-17-5-8-22(9-6-17)26-18(2)15-21(20(26)4)7-10-23(27)24-16-19(3)25-11-13-28-14-12-25/h5-10,15,19H,11-14,16H2,1-4H3,(H,24,27)/b10-7+. The molecule has 1 saturated heterocycles. The molecule has 0 bridgehead atoms. The Bertz CT molecular complexity index is 830. The molecule has 1 unspecified atom stereocenters. The van der Waals surface area contributed by atoms with Crippen molar-refractivity contribution in [1.29, 1.82) is 0 Å². The average Bonchev–Trinajstić information content (AvgIpc) is 2.99. The van der Waals surface area contributed by atoms with Gasteiger partial charge in [0.2, 0.25) is 5.91 Å². The van der Waals surface area contributed by atoms with E-state index in [1.54, 1.807) is 6.08 Å². The molecule has 1 aliphatic heterocycles. The number of carbonyl (C=O) groups excluding carboxylic acids is 1. The number of benzene rings is 1. The molecule has 0 aliphatic carbocycles. The molecule has 5 heteroatoms. The van der Waals surface area contributed by atoms with Gasteiger partial charge in [-0.05, 0) is 57.5 Å². The number of morpholine rings is 1. The van der Waals surface area contributed by atoms with Crippen molar-refractivity contribution in [3.8, 4) is 5.69 Å². The van der Waals surface area contributed by atoms with E-state index in [0.29, 0.717) is 12.6 Å². The second-order valence-corrected chi connectivity index (χ2v) is 7.57. The van der Waals surface area contributed by atoms with E-state index in [-0.39, 0.29) is 5.91 Å². The Morgan fingerprint density at radius 2 is 1.86 bits per heavy atom. The number of hydrogen-bond donors (Lipinski definition) is 1. The molecule has 3 rings (SSSR count). The lowest BCUT2D eigenvalue weighted by Gasteiger charge is -2.32. The Labute approximate surface area is 168 Å². The molecule has 1 atom stereocenters. The largest absolute Gasteiger partial charge is 0.379 e. The van der Waals surface area contributed by atoms with Crippen LogP contribution >= 0.6 is 0 Å². The van der Waals surface area contributed by atoms with E-state index in [0.717, 1.165) is 48.9 Å². The van der Waals surface area contributed by atoms with Crippen molar-refractivity contribution in [2.24, 2.45) is 0 Å². The zero-order valence-corrected chi connectivity index (χ0v) is 17.4. The van der Waals surface area contributed by atoms with Crippen molar-refractivity contribution >= 4 is 12.0 Å². The Morgan fingerprint density at radius 3 is 2.54 bits per heavy atom. The lowest BCUT2D eigenvalue weighted by Crippen LogP contribution is -2.47. The summed E-state index contributed by atoms with van der Waals surface area (Å²) >= 11 is 0. The van der Waals surface area contributed by atoms with Crippen molar-refractivity contribution in [1.82, 2.24) is 14.8 Å². The van der Waals surface area contributed by atoms with Gasteiger partial charge in [-0.3, -0.25) is 9.69 Å². The normalized spacial score (nSPS) is 16.4. The Hall–Kier alpha value is -2.37. The van der Waals surface area contributed by atoms with Crippen molar-refractivity contribution in [2.45, 2.75) is 33.7 Å². The summed E-state index contributed by atoms with van der Waals surface area (Å²) in [5, 5.41) is 3.01. The van der Waals surface area contributed by atoms with E-state index in [9.17, 15) is 4.79 Å². The van der Waals surface area contributed by atoms with Gasteiger partial charge in [0, 0.05) is 48.8 Å². The maximum atomic E-state index is 12.3. The van der Waals surface area contributed by atoms with E-state index in [4.69, 9.17) is 4.74 Å². The first-order chi connectivity index (χ1) is 13.5. The fourth-order valence-electron chi connectivity index (χ4n) is 3.67. The lowest BCUT2D eigenvalue weighted by molar-refractivity contribution is -0.116. The summed E-state index contributed by atoms with van der Waals surface area (Å²) in [4.78, 5) is 14.6. The number of carbonyl (C=O) groups is 1. The average molecular weight is 382 g/mol. The van der Waals surface area contributed by atoms with Gasteiger partial charge in [0.15, 0.2) is 0 Å². The zero-order valence-electron chi connectivity index (χ0n) is 17.4. The summed E-state index contributed by atoms with van der Waals surface area (Å²) < 4.78 is 7.60. The van der Waals surface area contributed by atoms with E-state index in [1.807, 2.05) is 6.08 Å². The summed E-state index contributed by atoms with van der Waals surface area (Å²) in [5.41, 5.74) is 5.74. The van der Waals surface area contributed by atoms with Crippen LogP contribution in [0, 0.1) is 20.8 Å². The van der Waals surface area contributed by atoms with Gasteiger partial charge in [0.05, 0.1) is 13.2 Å². The molecule has 1 aromatic heterocycles. The second kappa shape index (κ2) is 9.22. The predicted molar refractivity (Wildman–Crippen MR) is 114 cm³/mol. The smallest absolute Gasteiger partial charge is 0.244 e. The van der Waals surface area contributed by atoms with Gasteiger partial charge in [-0.15, -0.1) is 0 Å². The topological polar surface area (TPSA) is 46.5 Å². The first-order valence-corrected chi connectivity index (χ1v) is 9.99. The van der Waals surface area contributed by atoms with Crippen LogP contribution in [0.2, 0.25) is 0 Å². The monoisotopic (exact) mass is 381 g/mol. The number of rotatable bonds is 6. The van der Waals surface area contributed by atoms with Crippen LogP contribution < -0.4 is 5.32 Å². The number of nitrogens with zero attached hydrogens (tertiary/aromatic N) is 2. The van der Waals surface area contributed by atoms with Gasteiger partial charge in [0.1, 0.15) is 0 Å². The molecular weight excluding hydrogens is 350 g/mol. The summed E-state index contributed by atoms with van der Waals surface area (Å²) in [6.45, 7) is 12.5. The highest BCUT2D eigenvalue weighted by molar-refractivity contribution is 5.91. The molecule has 150 valence electrons. The SMILES string of the molecule is Cc1ccc(-n2c(C)cc(/C=C/C(=O)NCC(C)N3CCOCC3)c2C)cc1. The molecule has 1 aliphatic rings. The first kappa shape index (κ1) is 20.4. The molecule has 1 N–H and O–H groups in total. The first-order valence-electron chi connectivity index (χ1n) is 9.99. The molecule has 2 heterocycles. The third-order valence-corrected chi connectivity index (χ3v) is 5.42. The van der Waals surface area contributed by atoms with E-state index < -0.39 is 0 Å². The predicted octanol–water partition coefficient (Wildman–Crippen LogP) is 3.25. The Morgan fingerprint density at radius 1 is 1.18 bits per heavy atom. The quantitative estimate of drug-likeness (QED) is 0.782. The van der Waals surface area contributed by atoms with Gasteiger partial charge in [-0.25, -0.2) is 0 Å². The molecule has 2 aromatic rings. The molecule has 1 aromatic carbocycles. The van der Waals surface area contributed by atoms with Gasteiger partial charge < -0.3 is 14.6 Å². The number of aromatic nitrogens is 1. The minimum Gasteiger partial charge on any atom is -0.379 e. The minimum atomic E-state index is -0.0553. The van der Waals surface area contributed by atoms with Crippen LogP contribution in [0.5, 0.6) is 0 Å². The van der Waals surface area contributed by atoms with Crippen LogP contribution in [-0.2, 0) is 9.53 Å². The third kappa shape index (κ3) is 4.91. The molecule has 28 heavy (non-hydrogen) atoms. The van der Waals surface area contributed by atoms with Crippen LogP contribution in [0.1, 0.15) is 29.4 Å². The minimum absolute atomic E-state index is 0.0553. The number of nitrogens with one attached hydrogen (secondary N) is 1. The van der Waals surface area contributed by atoms with E-state index >= 15 is 0 Å². The lowest BCUT2D eigenvalue weighted by atomic mass is 10.2. The van der Waals surface area contributed by atoms with Crippen LogP contribution in [0.4, 0.5) is 0 Å². The Balaban J connectivity index is 1.61. The van der Waals surface area contributed by atoms with Crippen LogP contribution in [-0.4, -0.2) is 54.3 Å². The summed E-state index contributed by atoms with van der Waals surface area (Å²) in [5.74, 6) is -0.0553. The van der Waals surface area contributed by atoms with Gasteiger partial charge in [-0.1, -0.05) is 17.7 Å². The van der Waals surface area contributed by atoms with Gasteiger partial charge >= 0.3 is 0 Å². The van der Waals surface area contributed by atoms with E-state index in [2.05, 4.69) is 72.8 Å². The number of hydrogen-bond acceptors (Lipinski definition) is 3. The molecule has 0 spiro atoms. The molecule has 0 saturated carbocycles.